The number of hydrogen-bond acceptors (Lipinski definition) is 6. The molecule has 2 aromatic heterocycles. The molecule has 10 heteroatoms. The Bertz CT molecular complexity index is 1610. The van der Waals surface area contributed by atoms with Crippen LogP contribution < -0.4 is 4.31 Å². The van der Waals surface area contributed by atoms with E-state index in [9.17, 15) is 17.6 Å². The quantitative estimate of drug-likeness (QED) is 0.269. The number of carbonyl (C=O) groups is 1. The standard InChI is InChI=1S/C25H16FN3O4S.ClH/c26-22-14-23-21(13-20(22)24-12-11-18(15-30)33-24)25(28-16-27-23)29(17-7-3-1-4-8-17)34(31,32)19-9-5-2-6-10-19;/h1-16H;1H. The van der Waals surface area contributed by atoms with Crippen molar-refractivity contribution >= 4 is 51.1 Å². The number of carbonyl (C=O) groups excluding carboxylic acids is 1. The van der Waals surface area contributed by atoms with Gasteiger partial charge in [-0.15, -0.1) is 12.4 Å². The Morgan fingerprint density at radius 1 is 0.886 bits per heavy atom. The molecule has 0 spiro atoms. The maximum Gasteiger partial charge on any atom is 0.269 e. The Labute approximate surface area is 206 Å². The van der Waals surface area contributed by atoms with Gasteiger partial charge in [-0.05, 0) is 42.5 Å². The van der Waals surface area contributed by atoms with E-state index in [1.807, 2.05) is 0 Å². The molecule has 2 heterocycles. The molecule has 0 aliphatic rings. The first-order valence-corrected chi connectivity index (χ1v) is 11.6. The molecule has 0 saturated carbocycles. The second-order valence-electron chi connectivity index (χ2n) is 7.28. The van der Waals surface area contributed by atoms with E-state index in [4.69, 9.17) is 4.42 Å². The molecule has 0 unspecified atom stereocenters. The van der Waals surface area contributed by atoms with E-state index in [1.54, 1.807) is 48.5 Å². The summed E-state index contributed by atoms with van der Waals surface area (Å²) in [5.74, 6) is -0.435. The summed E-state index contributed by atoms with van der Waals surface area (Å²) in [7, 11) is -4.11. The minimum Gasteiger partial charge on any atom is -0.453 e. The smallest absolute Gasteiger partial charge is 0.269 e. The fraction of sp³-hybridized carbons (Fsp3) is 0. The number of fused-ring (bicyclic) bond motifs is 1. The molecule has 0 aliphatic carbocycles. The van der Waals surface area contributed by atoms with Crippen molar-refractivity contribution in [3.63, 3.8) is 0 Å². The summed E-state index contributed by atoms with van der Waals surface area (Å²) in [5, 5.41) is 0.284. The molecule has 7 nitrogen and oxygen atoms in total. The van der Waals surface area contributed by atoms with Crippen LogP contribution in [0.2, 0.25) is 0 Å². The van der Waals surface area contributed by atoms with Crippen LogP contribution >= 0.6 is 12.4 Å². The van der Waals surface area contributed by atoms with Gasteiger partial charge in [0.25, 0.3) is 10.0 Å². The first kappa shape index (κ1) is 24.1. The first-order chi connectivity index (χ1) is 16.5. The Morgan fingerprint density at radius 2 is 1.57 bits per heavy atom. The van der Waals surface area contributed by atoms with Gasteiger partial charge in [-0.25, -0.2) is 27.1 Å². The number of para-hydroxylation sites is 1. The summed E-state index contributed by atoms with van der Waals surface area (Å²) < 4.78 is 49.0. The normalized spacial score (nSPS) is 11.1. The SMILES string of the molecule is Cl.O=Cc1ccc(-c2cc3c(N(c4ccccc4)S(=O)(=O)c4ccccc4)ncnc3cc2F)o1. The fourth-order valence-electron chi connectivity index (χ4n) is 3.61. The van der Waals surface area contributed by atoms with Crippen LogP contribution in [0.1, 0.15) is 10.6 Å². The molecule has 35 heavy (non-hydrogen) atoms. The lowest BCUT2D eigenvalue weighted by Gasteiger charge is -2.24. The van der Waals surface area contributed by atoms with Crippen molar-refractivity contribution in [2.45, 2.75) is 4.90 Å². The van der Waals surface area contributed by atoms with Gasteiger partial charge in [0.05, 0.1) is 21.7 Å². The summed E-state index contributed by atoms with van der Waals surface area (Å²) in [6.45, 7) is 0. The molecule has 0 bridgehead atoms. The number of hydrogen-bond donors (Lipinski definition) is 0. The van der Waals surface area contributed by atoms with E-state index < -0.39 is 15.8 Å². The van der Waals surface area contributed by atoms with Crippen molar-refractivity contribution in [2.75, 3.05) is 4.31 Å². The van der Waals surface area contributed by atoms with Gasteiger partial charge in [0.2, 0.25) is 0 Å². The van der Waals surface area contributed by atoms with Crippen molar-refractivity contribution in [2.24, 2.45) is 0 Å². The number of aldehydes is 1. The number of benzene rings is 3. The molecular formula is C25H17ClFN3O4S. The lowest BCUT2D eigenvalue weighted by Crippen LogP contribution is -2.27. The van der Waals surface area contributed by atoms with Crippen LogP contribution in [0.4, 0.5) is 15.9 Å². The van der Waals surface area contributed by atoms with Crippen molar-refractivity contribution in [1.82, 2.24) is 9.97 Å². The molecule has 0 fully saturated rings. The molecule has 0 radical (unpaired) electrons. The van der Waals surface area contributed by atoms with Crippen LogP contribution in [-0.4, -0.2) is 24.7 Å². The highest BCUT2D eigenvalue weighted by molar-refractivity contribution is 7.93. The predicted molar refractivity (Wildman–Crippen MR) is 132 cm³/mol. The van der Waals surface area contributed by atoms with E-state index in [-0.39, 0.29) is 51.1 Å². The van der Waals surface area contributed by atoms with Crippen molar-refractivity contribution in [1.29, 1.82) is 0 Å². The zero-order valence-corrected chi connectivity index (χ0v) is 19.5. The molecule has 0 atom stereocenters. The summed E-state index contributed by atoms with van der Waals surface area (Å²) >= 11 is 0. The largest absolute Gasteiger partial charge is 0.453 e. The number of furan rings is 1. The zero-order valence-electron chi connectivity index (χ0n) is 17.9. The Hall–Kier alpha value is -4.08. The minimum atomic E-state index is -4.11. The maximum absolute atomic E-state index is 14.9. The number of halogens is 2. The topological polar surface area (TPSA) is 93.4 Å². The van der Waals surface area contributed by atoms with Gasteiger partial charge in [-0.2, -0.15) is 0 Å². The highest BCUT2D eigenvalue weighted by atomic mass is 35.5. The number of sulfonamides is 1. The molecule has 0 aliphatic heterocycles. The Morgan fingerprint density at radius 3 is 2.23 bits per heavy atom. The van der Waals surface area contributed by atoms with Crippen molar-refractivity contribution < 1.29 is 22.0 Å². The zero-order chi connectivity index (χ0) is 23.7. The summed E-state index contributed by atoms with van der Waals surface area (Å²) in [6, 6.07) is 21.9. The van der Waals surface area contributed by atoms with Crippen molar-refractivity contribution in [3.8, 4) is 11.3 Å². The van der Waals surface area contributed by atoms with E-state index in [0.29, 0.717) is 12.0 Å². The lowest BCUT2D eigenvalue weighted by molar-refractivity contribution is 0.110. The lowest BCUT2D eigenvalue weighted by atomic mass is 10.1. The van der Waals surface area contributed by atoms with Crippen LogP contribution in [0, 0.1) is 5.82 Å². The van der Waals surface area contributed by atoms with Crippen LogP contribution in [0.25, 0.3) is 22.2 Å². The molecule has 5 rings (SSSR count). The summed E-state index contributed by atoms with van der Waals surface area (Å²) in [6.07, 6.45) is 1.70. The van der Waals surface area contributed by atoms with E-state index in [1.165, 1.54) is 42.7 Å². The predicted octanol–water partition coefficient (Wildman–Crippen LogP) is 5.79. The van der Waals surface area contributed by atoms with Crippen LogP contribution in [-0.2, 0) is 10.0 Å². The number of aromatic nitrogens is 2. The monoisotopic (exact) mass is 509 g/mol. The van der Waals surface area contributed by atoms with Gasteiger partial charge in [-0.3, -0.25) is 4.79 Å². The first-order valence-electron chi connectivity index (χ1n) is 10.1. The molecule has 176 valence electrons. The minimum absolute atomic E-state index is 0. The van der Waals surface area contributed by atoms with Crippen molar-refractivity contribution in [3.05, 3.63) is 103 Å². The molecule has 0 amide bonds. The average Bonchev–Trinajstić information content (AvgIpc) is 3.34. The van der Waals surface area contributed by atoms with Gasteiger partial charge in [0.15, 0.2) is 17.9 Å². The summed E-state index contributed by atoms with van der Waals surface area (Å²) in [5.41, 5.74) is 0.595. The van der Waals surface area contributed by atoms with Gasteiger partial charge in [-0.1, -0.05) is 36.4 Å². The Kier molecular flexibility index (Phi) is 6.63. The molecule has 0 N–H and O–H groups in total. The van der Waals surface area contributed by atoms with Gasteiger partial charge >= 0.3 is 0 Å². The van der Waals surface area contributed by atoms with Crippen LogP contribution in [0.15, 0.2) is 101 Å². The molecule has 0 saturated heterocycles. The highest BCUT2D eigenvalue weighted by Crippen LogP contribution is 2.37. The number of nitrogens with zero attached hydrogens (tertiary/aromatic N) is 3. The molecule has 3 aromatic carbocycles. The maximum atomic E-state index is 14.9. The third-order valence-corrected chi connectivity index (χ3v) is 6.91. The molecule has 5 aromatic rings. The Balaban J connectivity index is 0.00000289. The van der Waals surface area contributed by atoms with Gasteiger partial charge in [0.1, 0.15) is 17.9 Å². The van der Waals surface area contributed by atoms with E-state index in [2.05, 4.69) is 9.97 Å². The summed E-state index contributed by atoms with van der Waals surface area (Å²) in [4.78, 5) is 19.5. The molecular weight excluding hydrogens is 493 g/mol. The third kappa shape index (κ3) is 4.39. The van der Waals surface area contributed by atoms with E-state index in [0.717, 1.165) is 4.31 Å². The number of anilines is 2. The number of rotatable bonds is 6. The fourth-order valence-corrected chi connectivity index (χ4v) is 5.10. The van der Waals surface area contributed by atoms with E-state index >= 15 is 0 Å². The van der Waals surface area contributed by atoms with Crippen LogP contribution in [0.5, 0.6) is 0 Å². The van der Waals surface area contributed by atoms with Gasteiger partial charge < -0.3 is 4.42 Å². The third-order valence-electron chi connectivity index (χ3n) is 5.18. The highest BCUT2D eigenvalue weighted by Gasteiger charge is 2.30. The average molecular weight is 510 g/mol. The van der Waals surface area contributed by atoms with Gasteiger partial charge in [0, 0.05) is 11.5 Å². The van der Waals surface area contributed by atoms with Crippen LogP contribution in [0.3, 0.4) is 0 Å². The second kappa shape index (κ2) is 9.65. The second-order valence-corrected chi connectivity index (χ2v) is 9.07.